The van der Waals surface area contributed by atoms with E-state index in [1.807, 2.05) is 6.07 Å². The third-order valence-electron chi connectivity index (χ3n) is 4.69. The summed E-state index contributed by atoms with van der Waals surface area (Å²) < 4.78 is 15.4. The second-order valence-corrected chi connectivity index (χ2v) is 6.77. The Morgan fingerprint density at radius 3 is 2.55 bits per heavy atom. The molecule has 1 aliphatic heterocycles. The quantitative estimate of drug-likeness (QED) is 0.901. The predicted molar refractivity (Wildman–Crippen MR) is 83.2 cm³/mol. The van der Waals surface area contributed by atoms with Gasteiger partial charge in [-0.05, 0) is 30.9 Å². The van der Waals surface area contributed by atoms with Gasteiger partial charge in [-0.1, -0.05) is 34.8 Å². The van der Waals surface area contributed by atoms with Crippen molar-refractivity contribution in [3.05, 3.63) is 34.1 Å². The molecular formula is C16H22BrFN2. The summed E-state index contributed by atoms with van der Waals surface area (Å²) in [5, 5.41) is 3.39. The molecule has 1 aliphatic carbocycles. The van der Waals surface area contributed by atoms with Crippen LogP contribution in [0.2, 0.25) is 0 Å². The van der Waals surface area contributed by atoms with Crippen molar-refractivity contribution in [3.8, 4) is 0 Å². The molecule has 1 saturated carbocycles. The van der Waals surface area contributed by atoms with Gasteiger partial charge < -0.3 is 5.32 Å². The van der Waals surface area contributed by atoms with E-state index in [0.29, 0.717) is 5.92 Å². The molecule has 3 rings (SSSR count). The Balaban J connectivity index is 1.95. The molecule has 110 valence electrons. The predicted octanol–water partition coefficient (Wildman–Crippen LogP) is 3.72. The second kappa shape index (κ2) is 6.54. The molecule has 1 heterocycles. The van der Waals surface area contributed by atoms with Gasteiger partial charge in [0.05, 0.1) is 0 Å². The zero-order valence-corrected chi connectivity index (χ0v) is 13.3. The molecule has 2 fully saturated rings. The van der Waals surface area contributed by atoms with Crippen molar-refractivity contribution in [2.75, 3.05) is 26.2 Å². The molecule has 0 spiro atoms. The van der Waals surface area contributed by atoms with Crippen LogP contribution in [-0.2, 0) is 0 Å². The van der Waals surface area contributed by atoms with E-state index in [1.165, 1.54) is 25.7 Å². The van der Waals surface area contributed by atoms with Crippen LogP contribution in [0.1, 0.15) is 37.3 Å². The lowest BCUT2D eigenvalue weighted by atomic mass is 9.89. The van der Waals surface area contributed by atoms with Crippen LogP contribution in [0.4, 0.5) is 4.39 Å². The van der Waals surface area contributed by atoms with Crippen molar-refractivity contribution in [3.63, 3.8) is 0 Å². The van der Waals surface area contributed by atoms with E-state index in [4.69, 9.17) is 0 Å². The first-order valence-corrected chi connectivity index (χ1v) is 8.45. The fourth-order valence-electron chi connectivity index (χ4n) is 3.74. The largest absolute Gasteiger partial charge is 0.314 e. The van der Waals surface area contributed by atoms with E-state index in [2.05, 4.69) is 26.1 Å². The van der Waals surface area contributed by atoms with Gasteiger partial charge in [0.25, 0.3) is 0 Å². The summed E-state index contributed by atoms with van der Waals surface area (Å²) >= 11 is 3.58. The number of piperazine rings is 1. The van der Waals surface area contributed by atoms with E-state index in [0.717, 1.165) is 36.2 Å². The first kappa shape index (κ1) is 14.5. The summed E-state index contributed by atoms with van der Waals surface area (Å²) in [5.74, 6) is 0.538. The van der Waals surface area contributed by atoms with Crippen molar-refractivity contribution in [2.45, 2.75) is 31.7 Å². The maximum atomic E-state index is 14.4. The summed E-state index contributed by atoms with van der Waals surface area (Å²) in [7, 11) is 0. The topological polar surface area (TPSA) is 15.3 Å². The molecule has 2 nitrogen and oxygen atoms in total. The van der Waals surface area contributed by atoms with E-state index < -0.39 is 0 Å². The summed E-state index contributed by atoms with van der Waals surface area (Å²) in [6, 6.07) is 5.59. The number of nitrogens with zero attached hydrogens (tertiary/aromatic N) is 1. The minimum Gasteiger partial charge on any atom is -0.314 e. The van der Waals surface area contributed by atoms with Gasteiger partial charge in [-0.25, -0.2) is 4.39 Å². The molecule has 0 amide bonds. The van der Waals surface area contributed by atoms with E-state index in [-0.39, 0.29) is 11.9 Å². The molecule has 2 aliphatic rings. The number of hydrogen-bond acceptors (Lipinski definition) is 2. The number of hydrogen-bond donors (Lipinski definition) is 1. The van der Waals surface area contributed by atoms with Crippen LogP contribution < -0.4 is 5.32 Å². The van der Waals surface area contributed by atoms with Gasteiger partial charge in [0.15, 0.2) is 0 Å². The zero-order valence-electron chi connectivity index (χ0n) is 11.7. The third-order valence-corrected chi connectivity index (χ3v) is 5.38. The Kier molecular flexibility index (Phi) is 4.74. The summed E-state index contributed by atoms with van der Waals surface area (Å²) in [6.07, 6.45) is 5.05. The van der Waals surface area contributed by atoms with Gasteiger partial charge in [-0.15, -0.1) is 0 Å². The van der Waals surface area contributed by atoms with E-state index in [1.54, 1.807) is 12.1 Å². The molecule has 1 aromatic rings. The van der Waals surface area contributed by atoms with Crippen LogP contribution in [0.5, 0.6) is 0 Å². The smallest absolute Gasteiger partial charge is 0.129 e. The van der Waals surface area contributed by atoms with Gasteiger partial charge in [0, 0.05) is 42.3 Å². The highest BCUT2D eigenvalue weighted by Crippen LogP contribution is 2.42. The second-order valence-electron chi connectivity index (χ2n) is 5.91. The summed E-state index contributed by atoms with van der Waals surface area (Å²) in [4.78, 5) is 2.48. The molecule has 0 unspecified atom stereocenters. The molecule has 0 radical (unpaired) electrons. The maximum Gasteiger partial charge on any atom is 0.129 e. The third kappa shape index (κ3) is 2.92. The van der Waals surface area contributed by atoms with Gasteiger partial charge >= 0.3 is 0 Å². The fraction of sp³-hybridized carbons (Fsp3) is 0.625. The Labute approximate surface area is 128 Å². The molecule has 4 heteroatoms. The van der Waals surface area contributed by atoms with Crippen LogP contribution >= 0.6 is 15.9 Å². The fourth-order valence-corrected chi connectivity index (χ4v) is 4.32. The highest BCUT2D eigenvalue weighted by atomic mass is 79.9. The van der Waals surface area contributed by atoms with Gasteiger partial charge in [0.2, 0.25) is 0 Å². The number of halogens is 2. The van der Waals surface area contributed by atoms with Crippen LogP contribution in [-0.4, -0.2) is 31.1 Å². The van der Waals surface area contributed by atoms with Crippen molar-refractivity contribution in [1.82, 2.24) is 10.2 Å². The van der Waals surface area contributed by atoms with Crippen LogP contribution in [0, 0.1) is 11.7 Å². The molecule has 20 heavy (non-hydrogen) atoms. The molecule has 1 N–H and O–H groups in total. The maximum absolute atomic E-state index is 14.4. The lowest BCUT2D eigenvalue weighted by Gasteiger charge is -2.39. The van der Waals surface area contributed by atoms with Gasteiger partial charge in [-0.2, -0.15) is 0 Å². The normalized spacial score (nSPS) is 23.1. The van der Waals surface area contributed by atoms with Gasteiger partial charge in [0.1, 0.15) is 5.82 Å². The first-order valence-electron chi connectivity index (χ1n) is 7.66. The Morgan fingerprint density at radius 2 is 1.90 bits per heavy atom. The molecule has 0 bridgehead atoms. The zero-order chi connectivity index (χ0) is 13.9. The van der Waals surface area contributed by atoms with Crippen molar-refractivity contribution >= 4 is 15.9 Å². The lowest BCUT2D eigenvalue weighted by Crippen LogP contribution is -2.47. The molecule has 1 aromatic carbocycles. The van der Waals surface area contributed by atoms with Gasteiger partial charge in [-0.3, -0.25) is 4.90 Å². The lowest BCUT2D eigenvalue weighted by molar-refractivity contribution is 0.122. The Bertz CT molecular complexity index is 434. The van der Waals surface area contributed by atoms with Crippen molar-refractivity contribution < 1.29 is 4.39 Å². The minimum absolute atomic E-state index is 0.0604. The van der Waals surface area contributed by atoms with E-state index in [9.17, 15) is 4.39 Å². The number of rotatable bonds is 3. The first-order chi connectivity index (χ1) is 9.77. The molecule has 0 aromatic heterocycles. The van der Waals surface area contributed by atoms with Crippen LogP contribution in [0.3, 0.4) is 0 Å². The number of nitrogens with one attached hydrogen (secondary N) is 1. The highest BCUT2D eigenvalue weighted by Gasteiger charge is 2.34. The molecular weight excluding hydrogens is 319 g/mol. The summed E-state index contributed by atoms with van der Waals surface area (Å²) in [5.41, 5.74) is 0.876. The van der Waals surface area contributed by atoms with E-state index >= 15 is 0 Å². The molecule has 1 saturated heterocycles. The average Bonchev–Trinajstić information content (AvgIpc) is 2.98. The van der Waals surface area contributed by atoms with Crippen LogP contribution in [0.25, 0.3) is 0 Å². The minimum atomic E-state index is -0.0604. The number of benzene rings is 1. The van der Waals surface area contributed by atoms with Crippen LogP contribution in [0.15, 0.2) is 22.7 Å². The average molecular weight is 341 g/mol. The molecule has 1 atom stereocenters. The SMILES string of the molecule is Fc1cccc(Br)c1[C@@H](C1CCCC1)N1CCNCC1. The van der Waals surface area contributed by atoms with Crippen molar-refractivity contribution in [1.29, 1.82) is 0 Å². The Morgan fingerprint density at radius 1 is 1.20 bits per heavy atom. The highest BCUT2D eigenvalue weighted by molar-refractivity contribution is 9.10. The van der Waals surface area contributed by atoms with Crippen molar-refractivity contribution in [2.24, 2.45) is 5.92 Å². The monoisotopic (exact) mass is 340 g/mol. The standard InChI is InChI=1S/C16H22BrFN2/c17-13-6-3-7-14(18)15(13)16(12-4-1-2-5-12)20-10-8-19-9-11-20/h3,6-7,12,16,19H,1-2,4-5,8-11H2/t16-/m1/s1. The Hall–Kier alpha value is -0.450. The summed E-state index contributed by atoms with van der Waals surface area (Å²) in [6.45, 7) is 4.05.